The second kappa shape index (κ2) is 8.72. The summed E-state index contributed by atoms with van der Waals surface area (Å²) in [7, 11) is 0. The largest absolute Gasteiger partial charge is 0.338 e. The Morgan fingerprint density at radius 2 is 1.71 bits per heavy atom. The molecule has 0 saturated carbocycles. The van der Waals surface area contributed by atoms with Gasteiger partial charge in [-0.25, -0.2) is 0 Å². The second-order valence-electron chi connectivity index (χ2n) is 8.22. The molecule has 31 heavy (non-hydrogen) atoms. The van der Waals surface area contributed by atoms with E-state index in [0.717, 1.165) is 54.8 Å². The molecule has 2 aromatic heterocycles. The molecule has 1 fully saturated rings. The molecule has 0 unspecified atom stereocenters. The Morgan fingerprint density at radius 1 is 0.903 bits per heavy atom. The summed E-state index contributed by atoms with van der Waals surface area (Å²) in [6, 6.07) is 24.4. The van der Waals surface area contributed by atoms with Crippen LogP contribution >= 0.6 is 0 Å². The Balaban J connectivity index is 1.34. The molecule has 1 saturated heterocycles. The van der Waals surface area contributed by atoms with E-state index in [1.807, 2.05) is 58.0 Å². The highest BCUT2D eigenvalue weighted by molar-refractivity contribution is 5.95. The molecule has 5 rings (SSSR count). The van der Waals surface area contributed by atoms with E-state index in [2.05, 4.69) is 40.5 Å². The zero-order valence-electron chi connectivity index (χ0n) is 17.5. The van der Waals surface area contributed by atoms with Crippen molar-refractivity contribution in [3.63, 3.8) is 0 Å². The van der Waals surface area contributed by atoms with E-state index in [0.29, 0.717) is 6.54 Å². The molecule has 1 atom stereocenters. The van der Waals surface area contributed by atoms with Crippen LogP contribution in [-0.4, -0.2) is 38.5 Å². The third-order valence-corrected chi connectivity index (χ3v) is 6.19. The van der Waals surface area contributed by atoms with Crippen molar-refractivity contribution >= 4 is 11.6 Å². The number of nitrogens with zero attached hydrogens (tertiary/aromatic N) is 4. The maximum absolute atomic E-state index is 13.5. The van der Waals surface area contributed by atoms with Gasteiger partial charge in [-0.2, -0.15) is 0 Å². The maximum Gasteiger partial charge on any atom is 0.254 e. The minimum Gasteiger partial charge on any atom is -0.338 e. The van der Waals surface area contributed by atoms with Gasteiger partial charge in [0.05, 0.1) is 0 Å². The molecule has 156 valence electrons. The number of rotatable bonds is 5. The molecule has 0 spiro atoms. The molecule has 2 aromatic carbocycles. The Kier molecular flexibility index (Phi) is 5.48. The van der Waals surface area contributed by atoms with Crippen LogP contribution in [0.4, 0.5) is 0 Å². The standard InChI is InChI=1S/C26H26N4O/c31-26(23-13-5-4-11-21(23)16-15-20-9-2-1-3-10-20)29-17-8-12-22(19-29)25-28-27-24-14-6-7-18-30(24)25/h1-7,9-11,13-14,18,22H,8,12,15-17,19H2/t22-/m0/s1. The summed E-state index contributed by atoms with van der Waals surface area (Å²) in [5, 5.41) is 8.74. The van der Waals surface area contributed by atoms with E-state index in [-0.39, 0.29) is 11.8 Å². The normalized spacial score (nSPS) is 16.5. The monoisotopic (exact) mass is 410 g/mol. The molecule has 1 amide bonds. The molecule has 0 aliphatic carbocycles. The molecule has 0 bridgehead atoms. The molecular formula is C26H26N4O. The van der Waals surface area contributed by atoms with Gasteiger partial charge in [0.1, 0.15) is 5.82 Å². The van der Waals surface area contributed by atoms with Crippen LogP contribution in [0.5, 0.6) is 0 Å². The average Bonchev–Trinajstić information content (AvgIpc) is 3.27. The van der Waals surface area contributed by atoms with E-state index >= 15 is 0 Å². The Morgan fingerprint density at radius 3 is 2.61 bits per heavy atom. The van der Waals surface area contributed by atoms with Gasteiger partial charge in [0.2, 0.25) is 0 Å². The minimum atomic E-state index is 0.127. The van der Waals surface area contributed by atoms with Crippen molar-refractivity contribution in [2.75, 3.05) is 13.1 Å². The van der Waals surface area contributed by atoms with Crippen molar-refractivity contribution < 1.29 is 4.79 Å². The van der Waals surface area contributed by atoms with Crippen molar-refractivity contribution in [3.8, 4) is 0 Å². The number of hydrogen-bond acceptors (Lipinski definition) is 3. The summed E-state index contributed by atoms with van der Waals surface area (Å²) < 4.78 is 2.05. The van der Waals surface area contributed by atoms with Crippen molar-refractivity contribution in [2.45, 2.75) is 31.6 Å². The van der Waals surface area contributed by atoms with Crippen molar-refractivity contribution in [2.24, 2.45) is 0 Å². The summed E-state index contributed by atoms with van der Waals surface area (Å²) in [6.45, 7) is 1.47. The van der Waals surface area contributed by atoms with E-state index in [4.69, 9.17) is 0 Å². The number of fused-ring (bicyclic) bond motifs is 1. The number of carbonyl (C=O) groups is 1. The first kappa shape index (κ1) is 19.5. The topological polar surface area (TPSA) is 50.5 Å². The first-order valence-electron chi connectivity index (χ1n) is 11.0. The van der Waals surface area contributed by atoms with Gasteiger partial charge >= 0.3 is 0 Å². The number of benzene rings is 2. The highest BCUT2D eigenvalue weighted by Crippen LogP contribution is 2.27. The lowest BCUT2D eigenvalue weighted by Gasteiger charge is -2.32. The molecule has 0 N–H and O–H groups in total. The number of carbonyl (C=O) groups excluding carboxylic acids is 1. The lowest BCUT2D eigenvalue weighted by Crippen LogP contribution is -2.40. The summed E-state index contributed by atoms with van der Waals surface area (Å²) >= 11 is 0. The molecule has 1 aliphatic rings. The molecule has 5 nitrogen and oxygen atoms in total. The Hall–Kier alpha value is -3.47. The van der Waals surface area contributed by atoms with Gasteiger partial charge in [-0.05, 0) is 55.0 Å². The van der Waals surface area contributed by atoms with E-state index in [1.54, 1.807) is 0 Å². The molecule has 5 heteroatoms. The van der Waals surface area contributed by atoms with Gasteiger partial charge in [-0.15, -0.1) is 10.2 Å². The smallest absolute Gasteiger partial charge is 0.254 e. The molecule has 1 aliphatic heterocycles. The first-order valence-corrected chi connectivity index (χ1v) is 11.0. The molecule has 3 heterocycles. The van der Waals surface area contributed by atoms with E-state index in [1.165, 1.54) is 5.56 Å². The van der Waals surface area contributed by atoms with Gasteiger partial charge in [-0.3, -0.25) is 9.20 Å². The highest BCUT2D eigenvalue weighted by atomic mass is 16.2. The number of aryl methyl sites for hydroxylation is 2. The molecular weight excluding hydrogens is 384 g/mol. The third kappa shape index (κ3) is 4.08. The minimum absolute atomic E-state index is 0.127. The molecule has 0 radical (unpaired) electrons. The number of aromatic nitrogens is 3. The van der Waals surface area contributed by atoms with Crippen LogP contribution in [0.3, 0.4) is 0 Å². The maximum atomic E-state index is 13.5. The highest BCUT2D eigenvalue weighted by Gasteiger charge is 2.29. The van der Waals surface area contributed by atoms with Crippen LogP contribution in [0.1, 0.15) is 46.1 Å². The zero-order chi connectivity index (χ0) is 21.0. The van der Waals surface area contributed by atoms with Crippen LogP contribution in [0.2, 0.25) is 0 Å². The summed E-state index contributed by atoms with van der Waals surface area (Å²) in [4.78, 5) is 15.5. The summed E-state index contributed by atoms with van der Waals surface area (Å²) in [5.74, 6) is 1.28. The number of hydrogen-bond donors (Lipinski definition) is 0. The van der Waals surface area contributed by atoms with E-state index < -0.39 is 0 Å². The Bertz CT molecular complexity index is 1180. The van der Waals surface area contributed by atoms with Gasteiger partial charge in [0.25, 0.3) is 5.91 Å². The second-order valence-corrected chi connectivity index (χ2v) is 8.22. The predicted octanol–water partition coefficient (Wildman–Crippen LogP) is 4.53. The lowest BCUT2D eigenvalue weighted by atomic mass is 9.95. The quantitative estimate of drug-likeness (QED) is 0.486. The summed E-state index contributed by atoms with van der Waals surface area (Å²) in [6.07, 6.45) is 5.79. The fourth-order valence-corrected chi connectivity index (χ4v) is 4.55. The van der Waals surface area contributed by atoms with Gasteiger partial charge in [0.15, 0.2) is 5.65 Å². The van der Waals surface area contributed by atoms with Gasteiger partial charge in [0, 0.05) is 30.8 Å². The van der Waals surface area contributed by atoms with Crippen molar-refractivity contribution in [3.05, 3.63) is 102 Å². The SMILES string of the molecule is O=C(c1ccccc1CCc1ccccc1)N1CCC[C@H](c2nnc3ccccn23)C1. The van der Waals surface area contributed by atoms with Crippen LogP contribution < -0.4 is 0 Å². The molecule has 4 aromatic rings. The van der Waals surface area contributed by atoms with Crippen LogP contribution in [0.15, 0.2) is 79.0 Å². The van der Waals surface area contributed by atoms with Gasteiger partial charge in [-0.1, -0.05) is 54.6 Å². The van der Waals surface area contributed by atoms with E-state index in [9.17, 15) is 4.79 Å². The number of pyridine rings is 1. The number of likely N-dealkylation sites (tertiary alicyclic amines) is 1. The van der Waals surface area contributed by atoms with Crippen LogP contribution in [0.25, 0.3) is 5.65 Å². The number of amides is 1. The predicted molar refractivity (Wildman–Crippen MR) is 121 cm³/mol. The fraction of sp³-hybridized carbons (Fsp3) is 0.269. The van der Waals surface area contributed by atoms with Crippen LogP contribution in [0, 0.1) is 0 Å². The Labute approximate surface area is 182 Å². The zero-order valence-corrected chi connectivity index (χ0v) is 17.5. The third-order valence-electron chi connectivity index (χ3n) is 6.19. The van der Waals surface area contributed by atoms with Crippen molar-refractivity contribution in [1.82, 2.24) is 19.5 Å². The average molecular weight is 411 g/mol. The summed E-state index contributed by atoms with van der Waals surface area (Å²) in [5.41, 5.74) is 4.09. The van der Waals surface area contributed by atoms with Crippen molar-refractivity contribution in [1.29, 1.82) is 0 Å². The fourth-order valence-electron chi connectivity index (χ4n) is 4.55. The van der Waals surface area contributed by atoms with Crippen LogP contribution in [-0.2, 0) is 12.8 Å². The first-order chi connectivity index (χ1) is 15.3. The number of piperidine rings is 1. The lowest BCUT2D eigenvalue weighted by molar-refractivity contribution is 0.0703. The van der Waals surface area contributed by atoms with Gasteiger partial charge < -0.3 is 4.90 Å².